The number of methoxy groups -OCH3 is 1. The van der Waals surface area contributed by atoms with Crippen molar-refractivity contribution in [1.29, 1.82) is 0 Å². The van der Waals surface area contributed by atoms with Crippen molar-refractivity contribution in [3.63, 3.8) is 0 Å². The highest BCUT2D eigenvalue weighted by atomic mass is 32.2. The average Bonchev–Trinajstić information content (AvgIpc) is 3.44. The van der Waals surface area contributed by atoms with Gasteiger partial charge in [-0.05, 0) is 12.1 Å². The first kappa shape index (κ1) is 22.0. The number of ether oxygens (including phenoxy) is 1. The van der Waals surface area contributed by atoms with Gasteiger partial charge in [-0.1, -0.05) is 65.6 Å². The largest absolute Gasteiger partial charge is 0.495 e. The van der Waals surface area contributed by atoms with Gasteiger partial charge in [0.1, 0.15) is 5.75 Å². The van der Waals surface area contributed by atoms with Crippen molar-refractivity contribution < 1.29 is 19.1 Å². The molecule has 8 nitrogen and oxygen atoms in total. The molecule has 3 aromatic rings. The molecule has 0 bridgehead atoms. The number of amides is 2. The Morgan fingerprint density at radius 3 is 2.69 bits per heavy atom. The molecule has 1 unspecified atom stereocenters. The van der Waals surface area contributed by atoms with E-state index in [9.17, 15) is 14.4 Å². The zero-order valence-electron chi connectivity index (χ0n) is 17.2. The topological polar surface area (TPSA) is 101 Å². The van der Waals surface area contributed by atoms with Crippen LogP contribution in [-0.2, 0) is 9.59 Å². The van der Waals surface area contributed by atoms with Gasteiger partial charge < -0.3 is 15.0 Å². The Bertz CT molecular complexity index is 1140. The van der Waals surface area contributed by atoms with Crippen molar-refractivity contribution in [2.45, 2.75) is 10.8 Å². The zero-order valence-corrected chi connectivity index (χ0v) is 18.8. The first-order valence-corrected chi connectivity index (χ1v) is 11.6. The van der Waals surface area contributed by atoms with Crippen LogP contribution in [0.3, 0.4) is 0 Å². The Morgan fingerprint density at radius 2 is 1.91 bits per heavy atom. The van der Waals surface area contributed by atoms with Gasteiger partial charge in [0.2, 0.25) is 16.9 Å². The average molecular weight is 469 g/mol. The Hall–Kier alpha value is -3.24. The molecule has 0 saturated carbocycles. The van der Waals surface area contributed by atoms with Gasteiger partial charge in [-0.25, -0.2) is 0 Å². The van der Waals surface area contributed by atoms with E-state index in [2.05, 4.69) is 15.5 Å². The number of hydrogen-bond acceptors (Lipinski definition) is 8. The van der Waals surface area contributed by atoms with Crippen LogP contribution in [0, 0.1) is 5.92 Å². The number of nitrogens with zero attached hydrogens (tertiary/aromatic N) is 3. The van der Waals surface area contributed by atoms with E-state index in [1.54, 1.807) is 36.3 Å². The van der Waals surface area contributed by atoms with Crippen molar-refractivity contribution in [2.24, 2.45) is 5.92 Å². The number of benzene rings is 2. The van der Waals surface area contributed by atoms with Crippen molar-refractivity contribution in [1.82, 2.24) is 10.2 Å². The molecule has 0 spiro atoms. The summed E-state index contributed by atoms with van der Waals surface area (Å²) >= 11 is 2.47. The van der Waals surface area contributed by atoms with E-state index in [0.717, 1.165) is 0 Å². The molecule has 32 heavy (non-hydrogen) atoms. The number of para-hydroxylation sites is 2. The second-order valence-electron chi connectivity index (χ2n) is 7.02. The lowest BCUT2D eigenvalue weighted by molar-refractivity contribution is -0.122. The van der Waals surface area contributed by atoms with Crippen LogP contribution in [0.1, 0.15) is 16.8 Å². The van der Waals surface area contributed by atoms with Crippen LogP contribution in [0.15, 0.2) is 58.9 Å². The molecule has 1 fully saturated rings. The number of rotatable bonds is 8. The van der Waals surface area contributed by atoms with Crippen molar-refractivity contribution in [3.05, 3.63) is 60.2 Å². The molecular weight excluding hydrogens is 448 g/mol. The van der Waals surface area contributed by atoms with Crippen LogP contribution in [0.2, 0.25) is 0 Å². The van der Waals surface area contributed by atoms with Crippen LogP contribution < -0.4 is 15.0 Å². The van der Waals surface area contributed by atoms with Gasteiger partial charge in [0.15, 0.2) is 10.1 Å². The number of Topliss-reactive ketones (excluding diaryl/α,β-unsaturated/α-hetero) is 1. The Morgan fingerprint density at radius 1 is 1.16 bits per heavy atom. The maximum Gasteiger partial charge on any atom is 0.231 e. The van der Waals surface area contributed by atoms with E-state index >= 15 is 0 Å². The minimum atomic E-state index is -0.507. The third-order valence-electron chi connectivity index (χ3n) is 4.93. The van der Waals surface area contributed by atoms with Gasteiger partial charge >= 0.3 is 0 Å². The Kier molecular flexibility index (Phi) is 6.81. The van der Waals surface area contributed by atoms with Gasteiger partial charge in [0, 0.05) is 18.5 Å². The highest BCUT2D eigenvalue weighted by molar-refractivity contribution is 8.01. The molecule has 0 aliphatic carbocycles. The number of ketones is 1. The van der Waals surface area contributed by atoms with Crippen LogP contribution in [0.5, 0.6) is 5.75 Å². The summed E-state index contributed by atoms with van der Waals surface area (Å²) in [6.45, 7) is 0.261. The number of carbonyl (C=O) groups excluding carboxylic acids is 3. The molecule has 2 heterocycles. The summed E-state index contributed by atoms with van der Waals surface area (Å²) in [4.78, 5) is 39.0. The summed E-state index contributed by atoms with van der Waals surface area (Å²) in [5.41, 5.74) is 1.29. The summed E-state index contributed by atoms with van der Waals surface area (Å²) in [5, 5.41) is 11.1. The number of thioether (sulfide) groups is 1. The van der Waals surface area contributed by atoms with Crippen LogP contribution in [0.25, 0.3) is 0 Å². The smallest absolute Gasteiger partial charge is 0.231 e. The summed E-state index contributed by atoms with van der Waals surface area (Å²) in [7, 11) is 1.54. The Balaban J connectivity index is 1.33. The molecule has 1 N–H and O–H groups in total. The first-order valence-electron chi connectivity index (χ1n) is 9.84. The van der Waals surface area contributed by atoms with Crippen LogP contribution >= 0.6 is 23.1 Å². The lowest BCUT2D eigenvalue weighted by Gasteiger charge is -2.19. The maximum absolute atomic E-state index is 12.7. The van der Waals surface area contributed by atoms with Gasteiger partial charge in [-0.2, -0.15) is 0 Å². The minimum absolute atomic E-state index is 0.00251. The van der Waals surface area contributed by atoms with E-state index < -0.39 is 5.92 Å². The molecule has 0 radical (unpaired) electrons. The lowest BCUT2D eigenvalue weighted by atomic mass is 10.1. The summed E-state index contributed by atoms with van der Waals surface area (Å²) in [5.74, 6) is -0.120. The molecule has 1 saturated heterocycles. The molecule has 2 amide bonds. The SMILES string of the molecule is COc1ccccc1N1CC(C(=O)Nc2nnc(SCC(=O)c3ccccc3)s2)CC1=O. The second kappa shape index (κ2) is 9.92. The molecular formula is C22H20N4O4S2. The number of anilines is 2. The van der Waals surface area contributed by atoms with Gasteiger partial charge in [-0.15, -0.1) is 10.2 Å². The fraction of sp³-hybridized carbons (Fsp3) is 0.227. The first-order chi connectivity index (χ1) is 15.5. The Labute approximate surface area is 193 Å². The molecule has 1 aromatic heterocycles. The fourth-order valence-electron chi connectivity index (χ4n) is 3.33. The molecule has 164 valence electrons. The van der Waals surface area contributed by atoms with E-state index in [4.69, 9.17) is 4.74 Å². The predicted octanol–water partition coefficient (Wildman–Crippen LogP) is 3.51. The molecule has 4 rings (SSSR count). The van der Waals surface area contributed by atoms with E-state index in [1.165, 1.54) is 23.1 Å². The fourth-order valence-corrected chi connectivity index (χ4v) is 4.98. The van der Waals surface area contributed by atoms with Gasteiger partial charge in [0.25, 0.3) is 0 Å². The quantitative estimate of drug-likeness (QED) is 0.307. The van der Waals surface area contributed by atoms with Gasteiger partial charge in [-0.3, -0.25) is 14.4 Å². The predicted molar refractivity (Wildman–Crippen MR) is 123 cm³/mol. The third-order valence-corrected chi connectivity index (χ3v) is 6.90. The molecule has 2 aromatic carbocycles. The minimum Gasteiger partial charge on any atom is -0.495 e. The molecule has 1 aliphatic rings. The highest BCUT2D eigenvalue weighted by Crippen LogP contribution is 2.33. The number of carbonyl (C=O) groups is 3. The number of aromatic nitrogens is 2. The third kappa shape index (κ3) is 4.97. The highest BCUT2D eigenvalue weighted by Gasteiger charge is 2.36. The second-order valence-corrected chi connectivity index (χ2v) is 9.22. The lowest BCUT2D eigenvalue weighted by Crippen LogP contribution is -2.28. The molecule has 10 heteroatoms. The monoisotopic (exact) mass is 468 g/mol. The summed E-state index contributed by atoms with van der Waals surface area (Å²) in [6, 6.07) is 16.3. The normalized spacial score (nSPS) is 15.6. The molecule has 1 atom stereocenters. The van der Waals surface area contributed by atoms with E-state index in [-0.39, 0.29) is 36.3 Å². The van der Waals surface area contributed by atoms with Crippen molar-refractivity contribution in [3.8, 4) is 5.75 Å². The van der Waals surface area contributed by atoms with E-state index in [0.29, 0.717) is 26.5 Å². The van der Waals surface area contributed by atoms with Crippen LogP contribution in [-0.4, -0.2) is 47.2 Å². The zero-order chi connectivity index (χ0) is 22.5. The number of hydrogen-bond donors (Lipinski definition) is 1. The van der Waals surface area contributed by atoms with Crippen LogP contribution in [0.4, 0.5) is 10.8 Å². The standard InChI is InChI=1S/C22H20N4O4S2/c1-30-18-10-6-5-9-16(18)26-12-15(11-19(26)28)20(29)23-21-24-25-22(32-21)31-13-17(27)14-7-3-2-4-8-14/h2-10,15H,11-13H2,1H3,(H,23,24,29). The maximum atomic E-state index is 12.7. The van der Waals surface area contributed by atoms with Crippen molar-refractivity contribution >= 4 is 51.5 Å². The van der Waals surface area contributed by atoms with E-state index in [1.807, 2.05) is 30.3 Å². The van der Waals surface area contributed by atoms with Gasteiger partial charge in [0.05, 0.1) is 24.5 Å². The molecule has 1 aliphatic heterocycles. The summed E-state index contributed by atoms with van der Waals surface area (Å²) in [6.07, 6.45) is 0.107. The van der Waals surface area contributed by atoms with Crippen molar-refractivity contribution in [2.75, 3.05) is 29.6 Å². The summed E-state index contributed by atoms with van der Waals surface area (Å²) < 4.78 is 5.92. The number of nitrogens with one attached hydrogen (secondary N) is 1.